The van der Waals surface area contributed by atoms with E-state index in [9.17, 15) is 4.79 Å². The Hall–Kier alpha value is -1.85. The lowest BCUT2D eigenvalue weighted by molar-refractivity contribution is -0.141. The number of nitrogens with one attached hydrogen (secondary N) is 1. The summed E-state index contributed by atoms with van der Waals surface area (Å²) in [5.41, 5.74) is 5.44. The Balaban J connectivity index is 2.64. The fraction of sp³-hybridized carbons (Fsp3) is 0.375. The van der Waals surface area contributed by atoms with Crippen LogP contribution in [0.3, 0.4) is 0 Å². The van der Waals surface area contributed by atoms with Gasteiger partial charge in [-0.25, -0.2) is 9.78 Å². The summed E-state index contributed by atoms with van der Waals surface area (Å²) in [7, 11) is 1.32. The van der Waals surface area contributed by atoms with Crippen LogP contribution in [0, 0.1) is 0 Å². The molecular weight excluding hydrogens is 184 g/mol. The van der Waals surface area contributed by atoms with Gasteiger partial charge in [-0.2, -0.15) is 4.98 Å². The first-order chi connectivity index (χ1) is 6.63. The summed E-state index contributed by atoms with van der Waals surface area (Å²) in [6, 6.07) is 1.07. The molecule has 0 bridgehead atoms. The van der Waals surface area contributed by atoms with Crippen LogP contribution in [-0.2, 0) is 9.53 Å². The van der Waals surface area contributed by atoms with Crippen LogP contribution in [0.15, 0.2) is 12.3 Å². The summed E-state index contributed by atoms with van der Waals surface area (Å²) in [6.45, 7) is 1.65. The second-order valence-electron chi connectivity index (χ2n) is 2.69. The first kappa shape index (κ1) is 10.2. The predicted octanol–water partition coefficient (Wildman–Crippen LogP) is 0.0322. The van der Waals surface area contributed by atoms with E-state index in [-0.39, 0.29) is 5.97 Å². The van der Waals surface area contributed by atoms with E-state index < -0.39 is 6.04 Å². The number of hydrogen-bond acceptors (Lipinski definition) is 6. The van der Waals surface area contributed by atoms with Crippen molar-refractivity contribution in [1.29, 1.82) is 0 Å². The quantitative estimate of drug-likeness (QED) is 0.663. The van der Waals surface area contributed by atoms with Crippen LogP contribution in [0.4, 0.5) is 11.8 Å². The van der Waals surface area contributed by atoms with Gasteiger partial charge < -0.3 is 15.8 Å². The second kappa shape index (κ2) is 4.40. The number of aromatic nitrogens is 2. The molecule has 0 spiro atoms. The largest absolute Gasteiger partial charge is 0.467 e. The minimum atomic E-state index is -0.498. The number of ether oxygens (including phenoxy) is 1. The molecule has 1 atom stereocenters. The van der Waals surface area contributed by atoms with Gasteiger partial charge in [-0.15, -0.1) is 0 Å². The van der Waals surface area contributed by atoms with Gasteiger partial charge in [0.2, 0.25) is 5.95 Å². The molecule has 76 valence electrons. The van der Waals surface area contributed by atoms with Crippen LogP contribution in [0.25, 0.3) is 0 Å². The zero-order chi connectivity index (χ0) is 10.6. The fourth-order valence-corrected chi connectivity index (χ4v) is 0.872. The molecule has 1 unspecified atom stereocenters. The molecule has 0 radical (unpaired) electrons. The highest BCUT2D eigenvalue weighted by Gasteiger charge is 2.13. The van der Waals surface area contributed by atoms with Crippen LogP contribution in [0.1, 0.15) is 6.92 Å². The van der Waals surface area contributed by atoms with E-state index in [4.69, 9.17) is 5.73 Å². The predicted molar refractivity (Wildman–Crippen MR) is 51.5 cm³/mol. The number of esters is 1. The monoisotopic (exact) mass is 196 g/mol. The molecule has 1 rings (SSSR count). The number of methoxy groups -OCH3 is 1. The second-order valence-corrected chi connectivity index (χ2v) is 2.69. The molecule has 1 aromatic rings. The normalized spacial score (nSPS) is 11.9. The van der Waals surface area contributed by atoms with Gasteiger partial charge in [0.1, 0.15) is 11.9 Å². The Morgan fingerprint density at radius 3 is 3.00 bits per heavy atom. The van der Waals surface area contributed by atoms with Gasteiger partial charge in [0.25, 0.3) is 0 Å². The molecule has 1 aromatic heterocycles. The third kappa shape index (κ3) is 2.58. The SMILES string of the molecule is COC(=O)C(C)Nc1nccc(N)n1. The molecule has 0 saturated carbocycles. The molecule has 0 aliphatic rings. The first-order valence-corrected chi connectivity index (χ1v) is 4.06. The maximum absolute atomic E-state index is 11.0. The summed E-state index contributed by atoms with van der Waals surface area (Å²) in [4.78, 5) is 18.8. The van der Waals surface area contributed by atoms with Crippen molar-refractivity contribution < 1.29 is 9.53 Å². The third-order valence-electron chi connectivity index (χ3n) is 1.58. The minimum Gasteiger partial charge on any atom is -0.467 e. The molecular formula is C8H12N4O2. The van der Waals surface area contributed by atoms with Gasteiger partial charge in [0.15, 0.2) is 0 Å². The smallest absolute Gasteiger partial charge is 0.328 e. The standard InChI is InChI=1S/C8H12N4O2/c1-5(7(13)14-2)11-8-10-4-3-6(9)12-8/h3-5H,1-2H3,(H3,9,10,11,12). The number of hydrogen-bond donors (Lipinski definition) is 2. The van der Waals surface area contributed by atoms with Crippen molar-refractivity contribution in [1.82, 2.24) is 9.97 Å². The van der Waals surface area contributed by atoms with Crippen molar-refractivity contribution in [3.63, 3.8) is 0 Å². The molecule has 3 N–H and O–H groups in total. The number of carbonyl (C=O) groups is 1. The van der Waals surface area contributed by atoms with Gasteiger partial charge in [0, 0.05) is 6.20 Å². The van der Waals surface area contributed by atoms with Crippen LogP contribution in [0.5, 0.6) is 0 Å². The fourth-order valence-electron chi connectivity index (χ4n) is 0.872. The van der Waals surface area contributed by atoms with E-state index in [2.05, 4.69) is 20.0 Å². The van der Waals surface area contributed by atoms with E-state index >= 15 is 0 Å². The zero-order valence-electron chi connectivity index (χ0n) is 8.02. The van der Waals surface area contributed by atoms with Gasteiger partial charge in [-0.1, -0.05) is 0 Å². The van der Waals surface area contributed by atoms with Crippen molar-refractivity contribution in [2.24, 2.45) is 0 Å². The summed E-state index contributed by atoms with van der Waals surface area (Å²) in [5, 5.41) is 2.76. The number of anilines is 2. The van der Waals surface area contributed by atoms with Crippen LogP contribution in [0.2, 0.25) is 0 Å². The van der Waals surface area contributed by atoms with E-state index in [1.807, 2.05) is 0 Å². The minimum absolute atomic E-state index is 0.308. The van der Waals surface area contributed by atoms with Crippen molar-refractivity contribution in [2.75, 3.05) is 18.2 Å². The lowest BCUT2D eigenvalue weighted by Crippen LogP contribution is -2.28. The van der Waals surface area contributed by atoms with E-state index in [1.54, 1.807) is 13.0 Å². The molecule has 1 heterocycles. The van der Waals surface area contributed by atoms with Crippen LogP contribution < -0.4 is 11.1 Å². The zero-order valence-corrected chi connectivity index (χ0v) is 8.02. The first-order valence-electron chi connectivity index (χ1n) is 4.06. The maximum Gasteiger partial charge on any atom is 0.328 e. The number of nitrogens with two attached hydrogens (primary N) is 1. The van der Waals surface area contributed by atoms with E-state index in [1.165, 1.54) is 13.3 Å². The van der Waals surface area contributed by atoms with E-state index in [0.717, 1.165) is 0 Å². The molecule has 0 saturated heterocycles. The molecule has 0 amide bonds. The molecule has 6 heteroatoms. The highest BCUT2D eigenvalue weighted by Crippen LogP contribution is 2.03. The molecule has 14 heavy (non-hydrogen) atoms. The highest BCUT2D eigenvalue weighted by atomic mass is 16.5. The maximum atomic E-state index is 11.0. The lowest BCUT2D eigenvalue weighted by atomic mass is 10.3. The number of nitrogens with zero attached hydrogens (tertiary/aromatic N) is 2. The highest BCUT2D eigenvalue weighted by molar-refractivity contribution is 5.77. The number of rotatable bonds is 3. The summed E-state index contributed by atoms with van der Waals surface area (Å²) in [6.07, 6.45) is 1.51. The molecule has 0 fully saturated rings. The molecule has 6 nitrogen and oxygen atoms in total. The molecule has 0 aliphatic heterocycles. The van der Waals surface area contributed by atoms with Crippen molar-refractivity contribution >= 4 is 17.7 Å². The van der Waals surface area contributed by atoms with Gasteiger partial charge >= 0.3 is 5.97 Å². The number of nitrogen functional groups attached to an aromatic ring is 1. The summed E-state index contributed by atoms with van der Waals surface area (Å²) in [5.74, 6) is 0.276. The van der Waals surface area contributed by atoms with Crippen molar-refractivity contribution in [3.05, 3.63) is 12.3 Å². The Labute approximate surface area is 81.5 Å². The average molecular weight is 196 g/mol. The van der Waals surface area contributed by atoms with Crippen molar-refractivity contribution in [3.8, 4) is 0 Å². The van der Waals surface area contributed by atoms with Gasteiger partial charge in [-0.05, 0) is 13.0 Å². The average Bonchev–Trinajstić information content (AvgIpc) is 2.16. The van der Waals surface area contributed by atoms with E-state index in [0.29, 0.717) is 11.8 Å². The van der Waals surface area contributed by atoms with Crippen molar-refractivity contribution in [2.45, 2.75) is 13.0 Å². The van der Waals surface area contributed by atoms with Gasteiger partial charge in [0.05, 0.1) is 7.11 Å². The topological polar surface area (TPSA) is 90.1 Å². The Kier molecular flexibility index (Phi) is 3.22. The number of carbonyl (C=O) groups excluding carboxylic acids is 1. The lowest BCUT2D eigenvalue weighted by Gasteiger charge is -2.10. The third-order valence-corrected chi connectivity index (χ3v) is 1.58. The molecule has 0 aliphatic carbocycles. The Bertz CT molecular complexity index is 329. The van der Waals surface area contributed by atoms with Crippen LogP contribution >= 0.6 is 0 Å². The Morgan fingerprint density at radius 2 is 2.43 bits per heavy atom. The Morgan fingerprint density at radius 1 is 1.71 bits per heavy atom. The van der Waals surface area contributed by atoms with Gasteiger partial charge in [-0.3, -0.25) is 0 Å². The van der Waals surface area contributed by atoms with Crippen LogP contribution in [-0.4, -0.2) is 29.1 Å². The molecule has 0 aromatic carbocycles. The summed E-state index contributed by atoms with van der Waals surface area (Å²) >= 11 is 0. The summed E-state index contributed by atoms with van der Waals surface area (Å²) < 4.78 is 4.53.